The van der Waals surface area contributed by atoms with Crippen molar-refractivity contribution in [1.82, 2.24) is 15.6 Å². The topological polar surface area (TPSA) is 109 Å². The maximum Gasteiger partial charge on any atom is 0.265 e. The number of nitrogen functional groups attached to an aromatic ring is 1. The first-order valence-electron chi connectivity index (χ1n) is 6.82. The fourth-order valence-electron chi connectivity index (χ4n) is 1.52. The van der Waals surface area contributed by atoms with E-state index in [-0.39, 0.29) is 36.1 Å². The van der Waals surface area contributed by atoms with Crippen LogP contribution in [0.2, 0.25) is 0 Å². The van der Waals surface area contributed by atoms with Gasteiger partial charge in [0, 0.05) is 25.0 Å². The first-order valence-corrected chi connectivity index (χ1v) is 7.64. The minimum absolute atomic E-state index is 0.0924. The fraction of sp³-hybridized carbons (Fsp3) is 0.615. The number of nitrogens with zero attached hydrogens (tertiary/aromatic N) is 1. The molecule has 0 bridgehead atoms. The SMILES string of the molecule is CCNC(=O)CCNC(=O)c1sc(NC(C)(C)C)nc1N. The second-order valence-electron chi connectivity index (χ2n) is 5.57. The Hall–Kier alpha value is -1.83. The van der Waals surface area contributed by atoms with Crippen molar-refractivity contribution in [3.05, 3.63) is 4.88 Å². The first-order chi connectivity index (χ1) is 9.73. The number of nitrogens with one attached hydrogen (secondary N) is 3. The van der Waals surface area contributed by atoms with E-state index in [1.54, 1.807) is 0 Å². The summed E-state index contributed by atoms with van der Waals surface area (Å²) in [7, 11) is 0. The average molecular weight is 313 g/mol. The lowest BCUT2D eigenvalue weighted by molar-refractivity contribution is -0.120. The summed E-state index contributed by atoms with van der Waals surface area (Å²) in [6, 6.07) is 0. The summed E-state index contributed by atoms with van der Waals surface area (Å²) in [4.78, 5) is 27.8. The Bertz CT molecular complexity index is 507. The molecule has 0 aromatic carbocycles. The van der Waals surface area contributed by atoms with E-state index >= 15 is 0 Å². The van der Waals surface area contributed by atoms with E-state index in [0.717, 1.165) is 0 Å². The largest absolute Gasteiger partial charge is 0.382 e. The van der Waals surface area contributed by atoms with Crippen LogP contribution in [0.15, 0.2) is 0 Å². The Morgan fingerprint density at radius 1 is 1.29 bits per heavy atom. The molecule has 21 heavy (non-hydrogen) atoms. The molecule has 0 saturated heterocycles. The summed E-state index contributed by atoms with van der Waals surface area (Å²) >= 11 is 1.20. The van der Waals surface area contributed by atoms with E-state index in [1.807, 2.05) is 27.7 Å². The molecule has 1 rings (SSSR count). The first kappa shape index (κ1) is 17.2. The maximum absolute atomic E-state index is 12.0. The van der Waals surface area contributed by atoms with Gasteiger partial charge in [-0.05, 0) is 27.7 Å². The third-order valence-electron chi connectivity index (χ3n) is 2.35. The van der Waals surface area contributed by atoms with Gasteiger partial charge in [-0.25, -0.2) is 4.98 Å². The zero-order chi connectivity index (χ0) is 16.0. The Morgan fingerprint density at radius 3 is 2.52 bits per heavy atom. The number of rotatable bonds is 6. The molecule has 1 aromatic rings. The predicted molar refractivity (Wildman–Crippen MR) is 85.5 cm³/mol. The van der Waals surface area contributed by atoms with Crippen LogP contribution in [0.1, 0.15) is 43.8 Å². The van der Waals surface area contributed by atoms with Gasteiger partial charge in [0.1, 0.15) is 10.7 Å². The quantitative estimate of drug-likeness (QED) is 0.631. The van der Waals surface area contributed by atoms with Crippen LogP contribution in [-0.4, -0.2) is 35.4 Å². The lowest BCUT2D eigenvalue weighted by Gasteiger charge is -2.19. The highest BCUT2D eigenvalue weighted by atomic mass is 32.1. The second kappa shape index (κ2) is 7.26. The number of hydrogen-bond acceptors (Lipinski definition) is 6. The van der Waals surface area contributed by atoms with Gasteiger partial charge < -0.3 is 21.7 Å². The summed E-state index contributed by atoms with van der Waals surface area (Å²) in [6.45, 7) is 8.68. The molecule has 0 aliphatic heterocycles. The molecule has 5 N–H and O–H groups in total. The Kier molecular flexibility index (Phi) is 5.95. The van der Waals surface area contributed by atoms with Gasteiger partial charge >= 0.3 is 0 Å². The molecule has 0 aliphatic rings. The van der Waals surface area contributed by atoms with Gasteiger partial charge in [-0.2, -0.15) is 0 Å². The molecule has 0 atom stereocenters. The number of anilines is 2. The summed E-state index contributed by atoms with van der Waals surface area (Å²) in [5.74, 6) is -0.205. The Morgan fingerprint density at radius 2 is 1.95 bits per heavy atom. The van der Waals surface area contributed by atoms with Crippen LogP contribution in [0.25, 0.3) is 0 Å². The number of nitrogens with two attached hydrogens (primary N) is 1. The van der Waals surface area contributed by atoms with Gasteiger partial charge in [-0.15, -0.1) is 0 Å². The van der Waals surface area contributed by atoms with Gasteiger partial charge in [0.25, 0.3) is 5.91 Å². The van der Waals surface area contributed by atoms with E-state index in [2.05, 4.69) is 20.9 Å². The van der Waals surface area contributed by atoms with E-state index in [4.69, 9.17) is 5.73 Å². The molecule has 0 aliphatic carbocycles. The molecule has 1 aromatic heterocycles. The smallest absolute Gasteiger partial charge is 0.265 e. The molecule has 2 amide bonds. The molecule has 0 fully saturated rings. The van der Waals surface area contributed by atoms with Crippen LogP contribution in [-0.2, 0) is 4.79 Å². The third kappa shape index (κ3) is 5.99. The Labute approximate surface area is 128 Å². The average Bonchev–Trinajstić information content (AvgIpc) is 2.68. The number of carbonyl (C=O) groups is 2. The van der Waals surface area contributed by atoms with Crippen molar-refractivity contribution >= 4 is 34.1 Å². The molecule has 0 spiro atoms. The van der Waals surface area contributed by atoms with Crippen LogP contribution in [0.3, 0.4) is 0 Å². The van der Waals surface area contributed by atoms with E-state index in [1.165, 1.54) is 11.3 Å². The number of amides is 2. The van der Waals surface area contributed by atoms with Gasteiger partial charge in [0.15, 0.2) is 5.13 Å². The summed E-state index contributed by atoms with van der Waals surface area (Å²) in [5.41, 5.74) is 5.60. The summed E-state index contributed by atoms with van der Waals surface area (Å²) in [6.07, 6.45) is 0.241. The van der Waals surface area contributed by atoms with Crippen molar-refractivity contribution in [1.29, 1.82) is 0 Å². The van der Waals surface area contributed by atoms with Gasteiger partial charge in [-0.3, -0.25) is 9.59 Å². The summed E-state index contributed by atoms with van der Waals surface area (Å²) in [5, 5.41) is 9.11. The number of hydrogen-bond donors (Lipinski definition) is 4. The maximum atomic E-state index is 12.0. The molecule has 118 valence electrons. The molecule has 7 nitrogen and oxygen atoms in total. The zero-order valence-corrected chi connectivity index (χ0v) is 13.7. The fourth-order valence-corrected chi connectivity index (χ4v) is 2.53. The molecule has 0 unspecified atom stereocenters. The number of aromatic nitrogens is 1. The Balaban J connectivity index is 2.56. The highest BCUT2D eigenvalue weighted by Gasteiger charge is 2.19. The van der Waals surface area contributed by atoms with Crippen LogP contribution >= 0.6 is 11.3 Å². The zero-order valence-electron chi connectivity index (χ0n) is 12.9. The van der Waals surface area contributed by atoms with Crippen molar-refractivity contribution in [2.24, 2.45) is 0 Å². The van der Waals surface area contributed by atoms with Crippen molar-refractivity contribution in [2.45, 2.75) is 39.7 Å². The highest BCUT2D eigenvalue weighted by molar-refractivity contribution is 7.18. The normalized spacial score (nSPS) is 11.0. The van der Waals surface area contributed by atoms with Crippen molar-refractivity contribution in [3.63, 3.8) is 0 Å². The van der Waals surface area contributed by atoms with Crippen LogP contribution in [0.5, 0.6) is 0 Å². The minimum Gasteiger partial charge on any atom is -0.382 e. The predicted octanol–water partition coefficient (Wildman–Crippen LogP) is 1.19. The van der Waals surface area contributed by atoms with Crippen molar-refractivity contribution < 1.29 is 9.59 Å². The van der Waals surface area contributed by atoms with Gasteiger partial charge in [0.05, 0.1) is 0 Å². The molecule has 8 heteroatoms. The highest BCUT2D eigenvalue weighted by Crippen LogP contribution is 2.26. The standard InChI is InChI=1S/C13H23N5O2S/c1-5-15-8(19)6-7-16-11(20)9-10(14)17-12(21-9)18-13(2,3)4/h5-7,14H2,1-4H3,(H,15,19)(H,16,20)(H,17,18). The number of thiazole rings is 1. The van der Waals surface area contributed by atoms with Crippen molar-refractivity contribution in [2.75, 3.05) is 24.1 Å². The molecule has 0 radical (unpaired) electrons. The molecular formula is C13H23N5O2S. The summed E-state index contributed by atoms with van der Waals surface area (Å²) < 4.78 is 0. The number of carbonyl (C=O) groups excluding carboxylic acids is 2. The van der Waals surface area contributed by atoms with E-state index < -0.39 is 0 Å². The second-order valence-corrected chi connectivity index (χ2v) is 6.57. The molecule has 1 heterocycles. The van der Waals surface area contributed by atoms with E-state index in [9.17, 15) is 9.59 Å². The van der Waals surface area contributed by atoms with Crippen LogP contribution < -0.4 is 21.7 Å². The monoisotopic (exact) mass is 313 g/mol. The lowest BCUT2D eigenvalue weighted by Crippen LogP contribution is -2.30. The van der Waals surface area contributed by atoms with Crippen LogP contribution in [0, 0.1) is 0 Å². The lowest BCUT2D eigenvalue weighted by atomic mass is 10.1. The van der Waals surface area contributed by atoms with Gasteiger partial charge in [-0.1, -0.05) is 11.3 Å². The van der Waals surface area contributed by atoms with Gasteiger partial charge in [0.2, 0.25) is 5.91 Å². The molecular weight excluding hydrogens is 290 g/mol. The molecule has 0 saturated carbocycles. The minimum atomic E-state index is -0.309. The third-order valence-corrected chi connectivity index (χ3v) is 3.34. The van der Waals surface area contributed by atoms with Crippen molar-refractivity contribution in [3.8, 4) is 0 Å². The van der Waals surface area contributed by atoms with E-state index in [0.29, 0.717) is 16.6 Å². The van der Waals surface area contributed by atoms with Crippen LogP contribution in [0.4, 0.5) is 10.9 Å².